The molecule has 4 nitrogen and oxygen atoms in total. The highest BCUT2D eigenvalue weighted by Crippen LogP contribution is 2.31. The summed E-state index contributed by atoms with van der Waals surface area (Å²) in [5.74, 6) is -1.48. The van der Waals surface area contributed by atoms with Crippen molar-refractivity contribution in [2.75, 3.05) is 13.7 Å². The van der Waals surface area contributed by atoms with Crippen LogP contribution in [0.25, 0.3) is 0 Å². The number of amides is 1. The zero-order chi connectivity index (χ0) is 13.1. The molecule has 1 N–H and O–H groups in total. The second kappa shape index (κ2) is 5.16. The van der Waals surface area contributed by atoms with Gasteiger partial charge in [-0.1, -0.05) is 12.1 Å². The van der Waals surface area contributed by atoms with Gasteiger partial charge in [-0.05, 0) is 17.7 Å². The van der Waals surface area contributed by atoms with Crippen LogP contribution >= 0.6 is 0 Å². The van der Waals surface area contributed by atoms with E-state index in [0.29, 0.717) is 0 Å². The summed E-state index contributed by atoms with van der Waals surface area (Å²) in [6.45, 7) is 0.257. The molecule has 18 heavy (non-hydrogen) atoms. The quantitative estimate of drug-likeness (QED) is 0.804. The van der Waals surface area contributed by atoms with E-state index in [1.165, 1.54) is 19.2 Å². The van der Waals surface area contributed by atoms with Crippen LogP contribution in [-0.4, -0.2) is 25.5 Å². The number of methoxy groups -OCH3 is 1. The molecule has 0 unspecified atom stereocenters. The number of benzene rings is 1. The summed E-state index contributed by atoms with van der Waals surface area (Å²) in [7, 11) is 1.32. The van der Waals surface area contributed by atoms with Gasteiger partial charge in [-0.25, -0.2) is 4.39 Å². The molecular weight excluding hydrogens is 237 g/mol. The van der Waals surface area contributed by atoms with Crippen LogP contribution in [0, 0.1) is 11.7 Å². The molecule has 1 aliphatic rings. The minimum Gasteiger partial charge on any atom is -0.469 e. The number of nitrogens with one attached hydrogen (secondary N) is 1. The molecule has 1 aromatic carbocycles. The molecule has 0 aromatic heterocycles. The molecule has 0 spiro atoms. The topological polar surface area (TPSA) is 55.4 Å². The zero-order valence-electron chi connectivity index (χ0n) is 9.98. The number of hydrogen-bond donors (Lipinski definition) is 1. The van der Waals surface area contributed by atoms with Crippen molar-refractivity contribution in [3.8, 4) is 0 Å². The van der Waals surface area contributed by atoms with Gasteiger partial charge in [0.2, 0.25) is 5.91 Å². The summed E-state index contributed by atoms with van der Waals surface area (Å²) in [6.07, 6.45) is 0.214. The third-order valence-electron chi connectivity index (χ3n) is 3.21. The number of halogens is 1. The highest BCUT2D eigenvalue weighted by atomic mass is 19.1. The number of carbonyl (C=O) groups excluding carboxylic acids is 2. The van der Waals surface area contributed by atoms with E-state index in [9.17, 15) is 14.0 Å². The zero-order valence-corrected chi connectivity index (χ0v) is 9.98. The molecule has 1 heterocycles. The lowest BCUT2D eigenvalue weighted by Gasteiger charge is -2.29. The van der Waals surface area contributed by atoms with Crippen molar-refractivity contribution in [3.05, 3.63) is 35.6 Å². The molecule has 1 saturated heterocycles. The Labute approximate surface area is 104 Å². The van der Waals surface area contributed by atoms with Gasteiger partial charge in [-0.2, -0.15) is 0 Å². The molecule has 0 bridgehead atoms. The van der Waals surface area contributed by atoms with Gasteiger partial charge in [-0.3, -0.25) is 9.59 Å². The molecule has 1 amide bonds. The highest BCUT2D eigenvalue weighted by Gasteiger charge is 2.35. The van der Waals surface area contributed by atoms with E-state index in [1.54, 1.807) is 12.1 Å². The maximum atomic E-state index is 12.9. The number of rotatable bonds is 2. The second-order valence-electron chi connectivity index (χ2n) is 4.30. The molecule has 2 rings (SSSR count). The van der Waals surface area contributed by atoms with Gasteiger partial charge in [0.05, 0.1) is 13.0 Å². The minimum absolute atomic E-state index is 0.107. The van der Waals surface area contributed by atoms with Crippen LogP contribution in [0.15, 0.2) is 24.3 Å². The molecule has 1 fully saturated rings. The Balaban J connectivity index is 2.27. The normalized spacial score (nSPS) is 23.3. The van der Waals surface area contributed by atoms with Crippen molar-refractivity contribution in [1.82, 2.24) is 5.32 Å². The summed E-state index contributed by atoms with van der Waals surface area (Å²) in [6, 6.07) is 5.87. The minimum atomic E-state index is -0.418. The van der Waals surface area contributed by atoms with Gasteiger partial charge < -0.3 is 10.1 Å². The van der Waals surface area contributed by atoms with Crippen molar-refractivity contribution >= 4 is 11.9 Å². The van der Waals surface area contributed by atoms with Gasteiger partial charge in [0.25, 0.3) is 0 Å². The predicted octanol–water partition coefficient (Wildman–Crippen LogP) is 1.22. The molecule has 5 heteroatoms. The molecule has 0 radical (unpaired) electrons. The summed E-state index contributed by atoms with van der Waals surface area (Å²) < 4.78 is 17.6. The molecule has 1 aromatic rings. The van der Waals surface area contributed by atoms with E-state index in [4.69, 9.17) is 4.74 Å². The fourth-order valence-electron chi connectivity index (χ4n) is 2.24. The fraction of sp³-hybridized carbons (Fsp3) is 0.385. The third-order valence-corrected chi connectivity index (χ3v) is 3.21. The van der Waals surface area contributed by atoms with Gasteiger partial charge in [0.15, 0.2) is 0 Å². The van der Waals surface area contributed by atoms with Crippen molar-refractivity contribution < 1.29 is 18.7 Å². The molecule has 0 saturated carbocycles. The Kier molecular flexibility index (Phi) is 3.60. The van der Waals surface area contributed by atoms with Crippen LogP contribution in [-0.2, 0) is 14.3 Å². The second-order valence-corrected chi connectivity index (χ2v) is 4.30. The molecule has 1 aliphatic heterocycles. The number of carbonyl (C=O) groups is 2. The van der Waals surface area contributed by atoms with Crippen LogP contribution in [0.1, 0.15) is 17.9 Å². The smallest absolute Gasteiger partial charge is 0.311 e. The first-order valence-electron chi connectivity index (χ1n) is 5.72. The van der Waals surface area contributed by atoms with Crippen molar-refractivity contribution in [2.45, 2.75) is 12.3 Å². The van der Waals surface area contributed by atoms with Crippen molar-refractivity contribution in [3.63, 3.8) is 0 Å². The third kappa shape index (κ3) is 2.50. The summed E-state index contributed by atoms with van der Waals surface area (Å²) in [4.78, 5) is 23.1. The Bertz CT molecular complexity index is 458. The van der Waals surface area contributed by atoms with E-state index >= 15 is 0 Å². The predicted molar refractivity (Wildman–Crippen MR) is 62.3 cm³/mol. The largest absolute Gasteiger partial charge is 0.469 e. The standard InChI is InChI=1S/C13H14FNO3/c1-18-13(17)11-7-15-12(16)6-10(11)8-2-4-9(14)5-3-8/h2-5,10-11H,6-7H2,1H3,(H,15,16)/t10-,11-/m0/s1. The van der Waals surface area contributed by atoms with Gasteiger partial charge in [0.1, 0.15) is 5.82 Å². The lowest BCUT2D eigenvalue weighted by Crippen LogP contribution is -2.43. The van der Waals surface area contributed by atoms with Crippen molar-refractivity contribution in [1.29, 1.82) is 0 Å². The van der Waals surface area contributed by atoms with E-state index in [2.05, 4.69) is 5.32 Å². The lowest BCUT2D eigenvalue weighted by molar-refractivity contribution is -0.147. The van der Waals surface area contributed by atoms with Crippen LogP contribution in [0.3, 0.4) is 0 Å². The van der Waals surface area contributed by atoms with Crippen LogP contribution in [0.4, 0.5) is 4.39 Å². The number of ether oxygens (including phenoxy) is 1. The van der Waals surface area contributed by atoms with Crippen molar-refractivity contribution in [2.24, 2.45) is 5.92 Å². The first-order valence-corrected chi connectivity index (χ1v) is 5.72. The monoisotopic (exact) mass is 251 g/mol. The Morgan fingerprint density at radius 3 is 2.67 bits per heavy atom. The molecule has 0 aliphatic carbocycles. The van der Waals surface area contributed by atoms with Crippen LogP contribution < -0.4 is 5.32 Å². The van der Waals surface area contributed by atoms with Gasteiger partial charge in [0, 0.05) is 18.9 Å². The number of esters is 1. The summed E-state index contributed by atoms with van der Waals surface area (Å²) >= 11 is 0. The molecule has 2 atom stereocenters. The number of piperidine rings is 1. The van der Waals surface area contributed by atoms with Crippen LogP contribution in [0.5, 0.6) is 0 Å². The Morgan fingerprint density at radius 2 is 2.06 bits per heavy atom. The molecule has 96 valence electrons. The van der Waals surface area contributed by atoms with Gasteiger partial charge >= 0.3 is 5.97 Å². The SMILES string of the molecule is COC(=O)[C@H]1CNC(=O)C[C@H]1c1ccc(F)cc1. The van der Waals surface area contributed by atoms with Gasteiger partial charge in [-0.15, -0.1) is 0 Å². The summed E-state index contributed by atoms with van der Waals surface area (Å²) in [5, 5.41) is 2.64. The first kappa shape index (κ1) is 12.5. The Morgan fingerprint density at radius 1 is 1.39 bits per heavy atom. The van der Waals surface area contributed by atoms with E-state index in [-0.39, 0.29) is 36.6 Å². The molecular formula is C13H14FNO3. The number of hydrogen-bond acceptors (Lipinski definition) is 3. The van der Waals surface area contributed by atoms with E-state index in [0.717, 1.165) is 5.56 Å². The van der Waals surface area contributed by atoms with E-state index in [1.807, 2.05) is 0 Å². The fourth-order valence-corrected chi connectivity index (χ4v) is 2.24. The van der Waals surface area contributed by atoms with E-state index < -0.39 is 5.92 Å². The maximum Gasteiger partial charge on any atom is 0.311 e. The average molecular weight is 251 g/mol. The first-order chi connectivity index (χ1) is 8.61. The maximum absolute atomic E-state index is 12.9. The Hall–Kier alpha value is -1.91. The average Bonchev–Trinajstić information content (AvgIpc) is 2.38. The highest BCUT2D eigenvalue weighted by molar-refractivity contribution is 5.83. The van der Waals surface area contributed by atoms with Crippen LogP contribution in [0.2, 0.25) is 0 Å². The lowest BCUT2D eigenvalue weighted by atomic mass is 9.81. The summed E-state index contributed by atoms with van der Waals surface area (Å²) in [5.41, 5.74) is 0.779.